The van der Waals surface area contributed by atoms with E-state index in [4.69, 9.17) is 0 Å². The smallest absolute Gasteiger partial charge is 0.331 e. The molecular weight excluding hydrogens is 637 g/mol. The summed E-state index contributed by atoms with van der Waals surface area (Å²) in [5.74, 6) is -1.02. The summed E-state index contributed by atoms with van der Waals surface area (Å²) < 4.78 is 75.3. The molecule has 5 rings (SSSR count). The van der Waals surface area contributed by atoms with Crippen molar-refractivity contribution in [2.45, 2.75) is 23.6 Å². The lowest BCUT2D eigenvalue weighted by Crippen LogP contribution is -2.40. The molecule has 0 amide bonds. The van der Waals surface area contributed by atoms with Gasteiger partial charge in [0.1, 0.15) is 11.1 Å². The Balaban J connectivity index is 1.76. The van der Waals surface area contributed by atoms with Crippen LogP contribution in [0.1, 0.15) is 22.6 Å². The van der Waals surface area contributed by atoms with Gasteiger partial charge in [-0.05, 0) is 53.6 Å². The molecule has 0 radical (unpaired) electrons. The summed E-state index contributed by atoms with van der Waals surface area (Å²) in [6.07, 6.45) is -6.70. The molecule has 1 aliphatic heterocycles. The monoisotopic (exact) mass is 647 g/mol. The number of nitrogens with zero attached hydrogens (tertiary/aromatic N) is 1. The van der Waals surface area contributed by atoms with E-state index < -0.39 is 35.3 Å². The Hall–Kier alpha value is -1.71. The van der Waals surface area contributed by atoms with Crippen LogP contribution in [0.2, 0.25) is 0 Å². The fourth-order valence-corrected chi connectivity index (χ4v) is 5.98. The Morgan fingerprint density at radius 1 is 0.788 bits per heavy atom. The van der Waals surface area contributed by atoms with Crippen molar-refractivity contribution in [3.63, 3.8) is 0 Å². The average molecular weight is 650 g/mol. The van der Waals surface area contributed by atoms with Gasteiger partial charge in [0.25, 0.3) is 6.08 Å². The lowest BCUT2D eigenvalue weighted by molar-refractivity contribution is -0.163. The fraction of sp³-hybridized carbons (Fsp3) is 0.167. The number of rotatable bonds is 3. The summed E-state index contributed by atoms with van der Waals surface area (Å²) in [4.78, 5) is 1.18. The number of halogens is 8. The van der Waals surface area contributed by atoms with Gasteiger partial charge < -0.3 is 4.90 Å². The third-order valence-electron chi connectivity index (χ3n) is 6.35. The van der Waals surface area contributed by atoms with Gasteiger partial charge in [-0.15, -0.1) is 0 Å². The standard InChI is InChI=1S/C24H13Br3F5N/c25-14-5-1-12(2-6-14)20(22(28)29)33-18-10-9-16(27)11-17(18)19-21(33)23(19,24(30,31)32)13-3-7-15(26)8-4-13/h1-11,19,21H/t19-,21+,23+/m0/s1. The number of alkyl halides is 3. The summed E-state index contributed by atoms with van der Waals surface area (Å²) in [5, 5.41) is 0. The predicted molar refractivity (Wildman–Crippen MR) is 128 cm³/mol. The molecule has 9 heteroatoms. The van der Waals surface area contributed by atoms with E-state index in [1.54, 1.807) is 42.5 Å². The van der Waals surface area contributed by atoms with Crippen LogP contribution in [0.15, 0.2) is 86.2 Å². The summed E-state index contributed by atoms with van der Waals surface area (Å²) in [6.45, 7) is 0. The molecule has 0 saturated heterocycles. The summed E-state index contributed by atoms with van der Waals surface area (Å²) in [6, 6.07) is 15.7. The van der Waals surface area contributed by atoms with Crippen molar-refractivity contribution >= 4 is 59.2 Å². The molecule has 1 nitrogen and oxygen atoms in total. The van der Waals surface area contributed by atoms with Crippen LogP contribution in [0.25, 0.3) is 5.70 Å². The Kier molecular flexibility index (Phi) is 5.53. The minimum absolute atomic E-state index is 0.0539. The number of hydrogen-bond donors (Lipinski definition) is 0. The number of hydrogen-bond acceptors (Lipinski definition) is 1. The van der Waals surface area contributed by atoms with E-state index in [0.29, 0.717) is 24.7 Å². The van der Waals surface area contributed by atoms with E-state index in [1.165, 1.54) is 29.2 Å². The Morgan fingerprint density at radius 2 is 1.33 bits per heavy atom. The minimum atomic E-state index is -4.66. The highest BCUT2D eigenvalue weighted by Gasteiger charge is 2.83. The Labute approximate surface area is 211 Å². The molecule has 1 fully saturated rings. The second-order valence-electron chi connectivity index (χ2n) is 7.99. The first-order valence-corrected chi connectivity index (χ1v) is 12.2. The van der Waals surface area contributed by atoms with E-state index in [9.17, 15) is 22.0 Å². The molecule has 170 valence electrons. The van der Waals surface area contributed by atoms with Gasteiger partial charge in [0.2, 0.25) is 0 Å². The fourth-order valence-electron chi connectivity index (χ4n) is 5.07. The maximum absolute atomic E-state index is 14.8. The predicted octanol–water partition coefficient (Wildman–Crippen LogP) is 9.03. The number of benzene rings is 3. The van der Waals surface area contributed by atoms with Crippen molar-refractivity contribution in [3.8, 4) is 0 Å². The van der Waals surface area contributed by atoms with E-state index in [2.05, 4.69) is 47.8 Å². The normalized spacial score (nSPS) is 23.2. The van der Waals surface area contributed by atoms with Gasteiger partial charge in [0.15, 0.2) is 0 Å². The second-order valence-corrected chi connectivity index (χ2v) is 10.7. The van der Waals surface area contributed by atoms with E-state index >= 15 is 0 Å². The van der Waals surface area contributed by atoms with Crippen molar-refractivity contribution in [1.29, 1.82) is 0 Å². The molecular formula is C24H13Br3F5N. The van der Waals surface area contributed by atoms with Crippen LogP contribution in [-0.4, -0.2) is 12.2 Å². The van der Waals surface area contributed by atoms with Crippen molar-refractivity contribution in [2.24, 2.45) is 0 Å². The van der Waals surface area contributed by atoms with Crippen LogP contribution >= 0.6 is 47.8 Å². The van der Waals surface area contributed by atoms with Crippen molar-refractivity contribution in [3.05, 3.63) is 103 Å². The average Bonchev–Trinajstić information content (AvgIpc) is 3.35. The quantitative estimate of drug-likeness (QED) is 0.256. The molecule has 3 aromatic carbocycles. The van der Waals surface area contributed by atoms with Crippen LogP contribution in [0.5, 0.6) is 0 Å². The Morgan fingerprint density at radius 3 is 1.88 bits per heavy atom. The molecule has 0 aromatic heterocycles. The second kappa shape index (κ2) is 7.92. The van der Waals surface area contributed by atoms with Crippen LogP contribution in [0, 0.1) is 0 Å². The number of anilines is 1. The van der Waals surface area contributed by atoms with Gasteiger partial charge in [-0.2, -0.15) is 22.0 Å². The van der Waals surface area contributed by atoms with Gasteiger partial charge in [-0.3, -0.25) is 0 Å². The first-order chi connectivity index (χ1) is 15.6. The maximum atomic E-state index is 14.8. The lowest BCUT2D eigenvalue weighted by atomic mass is 9.87. The summed E-state index contributed by atoms with van der Waals surface area (Å²) in [7, 11) is 0. The van der Waals surface area contributed by atoms with Gasteiger partial charge in [0.05, 0.1) is 6.04 Å². The topological polar surface area (TPSA) is 3.24 Å². The molecule has 1 aliphatic carbocycles. The van der Waals surface area contributed by atoms with Crippen molar-refractivity contribution in [1.82, 2.24) is 0 Å². The lowest BCUT2D eigenvalue weighted by Gasteiger charge is -2.33. The van der Waals surface area contributed by atoms with Crippen molar-refractivity contribution in [2.75, 3.05) is 4.90 Å². The molecule has 0 N–H and O–H groups in total. The third kappa shape index (κ3) is 3.41. The molecule has 0 unspecified atom stereocenters. The van der Waals surface area contributed by atoms with Crippen LogP contribution in [-0.2, 0) is 5.41 Å². The molecule has 0 bridgehead atoms. The Bertz CT molecular complexity index is 1270. The van der Waals surface area contributed by atoms with E-state index in [-0.39, 0.29) is 11.1 Å². The highest BCUT2D eigenvalue weighted by molar-refractivity contribution is 9.11. The number of fused-ring (bicyclic) bond motifs is 3. The highest BCUT2D eigenvalue weighted by Crippen LogP contribution is 2.75. The molecule has 0 spiro atoms. The zero-order chi connectivity index (χ0) is 23.7. The third-order valence-corrected chi connectivity index (χ3v) is 7.91. The molecule has 1 saturated carbocycles. The van der Waals surface area contributed by atoms with Gasteiger partial charge in [-0.1, -0.05) is 72.1 Å². The SMILES string of the molecule is FC(F)=C(c1ccc(Br)cc1)N1c2ccc(Br)cc2[C@H]2[C@@H]1[C@]2(c1ccc(Br)cc1)C(F)(F)F. The largest absolute Gasteiger partial charge is 0.401 e. The van der Waals surface area contributed by atoms with E-state index in [1.807, 2.05) is 0 Å². The summed E-state index contributed by atoms with van der Waals surface area (Å²) in [5.41, 5.74) is -1.87. The summed E-state index contributed by atoms with van der Waals surface area (Å²) >= 11 is 9.87. The molecule has 3 atom stereocenters. The van der Waals surface area contributed by atoms with Crippen LogP contribution < -0.4 is 4.90 Å². The maximum Gasteiger partial charge on any atom is 0.401 e. The zero-order valence-corrected chi connectivity index (χ0v) is 21.2. The highest BCUT2D eigenvalue weighted by atomic mass is 79.9. The van der Waals surface area contributed by atoms with Gasteiger partial charge in [-0.25, -0.2) is 0 Å². The van der Waals surface area contributed by atoms with Gasteiger partial charge >= 0.3 is 6.18 Å². The zero-order valence-electron chi connectivity index (χ0n) is 16.5. The first kappa shape index (κ1) is 23.1. The van der Waals surface area contributed by atoms with Gasteiger partial charge in [0, 0.05) is 30.6 Å². The van der Waals surface area contributed by atoms with E-state index in [0.717, 1.165) is 0 Å². The minimum Gasteiger partial charge on any atom is -0.331 e. The molecule has 1 heterocycles. The first-order valence-electron chi connectivity index (χ1n) is 9.80. The molecule has 3 aromatic rings. The van der Waals surface area contributed by atoms with Crippen molar-refractivity contribution < 1.29 is 22.0 Å². The molecule has 33 heavy (non-hydrogen) atoms. The molecule has 2 aliphatic rings. The van der Waals surface area contributed by atoms with Crippen LogP contribution in [0.4, 0.5) is 27.6 Å². The van der Waals surface area contributed by atoms with Crippen LogP contribution in [0.3, 0.4) is 0 Å².